The SMILES string of the molecule is CN1C(=O)c2ccc(NC(=O)c3cc(Cl)c4c(c3)OCCCO4)cc2C1=O. The van der Waals surface area contributed by atoms with Gasteiger partial charge in [-0.3, -0.25) is 19.3 Å². The van der Waals surface area contributed by atoms with Gasteiger partial charge in [0.2, 0.25) is 0 Å². The Hall–Kier alpha value is -3.06. The van der Waals surface area contributed by atoms with Gasteiger partial charge in [-0.2, -0.15) is 0 Å². The Balaban J connectivity index is 1.60. The molecule has 2 heterocycles. The molecule has 1 N–H and O–H groups in total. The number of nitrogens with one attached hydrogen (secondary N) is 1. The molecule has 0 unspecified atom stereocenters. The number of carbonyl (C=O) groups excluding carboxylic acids is 3. The van der Waals surface area contributed by atoms with Crippen LogP contribution in [0.25, 0.3) is 0 Å². The molecule has 2 aliphatic heterocycles. The van der Waals surface area contributed by atoms with Crippen LogP contribution in [0.4, 0.5) is 5.69 Å². The molecule has 0 radical (unpaired) electrons. The van der Waals surface area contributed by atoms with Gasteiger partial charge in [0.1, 0.15) is 0 Å². The highest BCUT2D eigenvalue weighted by atomic mass is 35.5. The van der Waals surface area contributed by atoms with Crippen LogP contribution in [0.2, 0.25) is 5.02 Å². The van der Waals surface area contributed by atoms with Crippen molar-refractivity contribution in [2.45, 2.75) is 6.42 Å². The normalized spacial score (nSPS) is 15.4. The van der Waals surface area contributed by atoms with E-state index in [-0.39, 0.29) is 16.5 Å². The lowest BCUT2D eigenvalue weighted by molar-refractivity contribution is 0.0692. The van der Waals surface area contributed by atoms with E-state index < -0.39 is 11.8 Å². The number of hydrogen-bond donors (Lipinski definition) is 1. The number of hydrogen-bond acceptors (Lipinski definition) is 5. The Morgan fingerprint density at radius 3 is 2.63 bits per heavy atom. The van der Waals surface area contributed by atoms with Crippen molar-refractivity contribution < 1.29 is 23.9 Å². The predicted octanol–water partition coefficient (Wildman–Crippen LogP) is 2.98. The second-order valence-electron chi connectivity index (χ2n) is 6.22. The average molecular weight is 387 g/mol. The molecule has 0 aliphatic carbocycles. The van der Waals surface area contributed by atoms with Crippen LogP contribution >= 0.6 is 11.6 Å². The molecule has 4 rings (SSSR count). The zero-order chi connectivity index (χ0) is 19.1. The second kappa shape index (κ2) is 6.59. The van der Waals surface area contributed by atoms with Gasteiger partial charge >= 0.3 is 0 Å². The third-order valence-electron chi connectivity index (χ3n) is 4.41. The average Bonchev–Trinajstić information content (AvgIpc) is 2.84. The van der Waals surface area contributed by atoms with Gasteiger partial charge in [-0.25, -0.2) is 0 Å². The van der Waals surface area contributed by atoms with Crippen molar-refractivity contribution in [1.29, 1.82) is 0 Å². The van der Waals surface area contributed by atoms with Crippen molar-refractivity contribution in [2.75, 3.05) is 25.6 Å². The molecule has 0 bridgehead atoms. The first-order valence-electron chi connectivity index (χ1n) is 8.32. The molecule has 2 aromatic carbocycles. The fourth-order valence-electron chi connectivity index (χ4n) is 3.00. The van der Waals surface area contributed by atoms with Gasteiger partial charge in [-0.15, -0.1) is 0 Å². The van der Waals surface area contributed by atoms with Crippen LogP contribution in [-0.4, -0.2) is 42.9 Å². The summed E-state index contributed by atoms with van der Waals surface area (Å²) in [5, 5.41) is 3.00. The van der Waals surface area contributed by atoms with Gasteiger partial charge in [0.25, 0.3) is 17.7 Å². The molecule has 3 amide bonds. The number of halogens is 1. The summed E-state index contributed by atoms with van der Waals surface area (Å²) < 4.78 is 11.1. The lowest BCUT2D eigenvalue weighted by Crippen LogP contribution is -2.24. The van der Waals surface area contributed by atoms with E-state index >= 15 is 0 Å². The molecule has 0 spiro atoms. The number of nitrogens with zero attached hydrogens (tertiary/aromatic N) is 1. The number of imide groups is 1. The molecule has 7 nitrogen and oxygen atoms in total. The van der Waals surface area contributed by atoms with Gasteiger partial charge in [0.15, 0.2) is 11.5 Å². The lowest BCUT2D eigenvalue weighted by atomic mass is 10.1. The van der Waals surface area contributed by atoms with Gasteiger partial charge in [0, 0.05) is 24.7 Å². The van der Waals surface area contributed by atoms with Crippen LogP contribution in [0.5, 0.6) is 11.5 Å². The van der Waals surface area contributed by atoms with Gasteiger partial charge < -0.3 is 14.8 Å². The Kier molecular flexibility index (Phi) is 4.24. The number of anilines is 1. The third kappa shape index (κ3) is 3.00. The van der Waals surface area contributed by atoms with Gasteiger partial charge in [0.05, 0.1) is 29.4 Å². The minimum absolute atomic E-state index is 0.261. The summed E-state index contributed by atoms with van der Waals surface area (Å²) in [5.41, 5.74) is 1.28. The summed E-state index contributed by atoms with van der Waals surface area (Å²) in [4.78, 5) is 37.7. The number of amides is 3. The van der Waals surface area contributed by atoms with Crippen LogP contribution in [0.15, 0.2) is 30.3 Å². The Bertz CT molecular complexity index is 988. The maximum absolute atomic E-state index is 12.6. The molecular formula is C19H15ClN2O5. The van der Waals surface area contributed by atoms with Gasteiger partial charge in [-0.05, 0) is 30.3 Å². The Morgan fingerprint density at radius 2 is 1.81 bits per heavy atom. The molecule has 0 aromatic heterocycles. The second-order valence-corrected chi connectivity index (χ2v) is 6.63. The fraction of sp³-hybridized carbons (Fsp3) is 0.211. The zero-order valence-corrected chi connectivity index (χ0v) is 15.1. The van der Waals surface area contributed by atoms with Gasteiger partial charge in [-0.1, -0.05) is 11.6 Å². The quantitative estimate of drug-likeness (QED) is 0.802. The standard InChI is InChI=1S/C19H15ClN2O5/c1-22-18(24)12-4-3-11(9-13(12)19(22)25)21-17(23)10-7-14(20)16-15(8-10)26-5-2-6-27-16/h3-4,7-9H,2,5-6H2,1H3,(H,21,23). The lowest BCUT2D eigenvalue weighted by Gasteiger charge is -2.12. The molecule has 138 valence electrons. The first-order chi connectivity index (χ1) is 13.0. The molecule has 0 saturated carbocycles. The minimum atomic E-state index is -0.419. The highest BCUT2D eigenvalue weighted by Gasteiger charge is 2.32. The predicted molar refractivity (Wildman–Crippen MR) is 97.9 cm³/mol. The van der Waals surface area contributed by atoms with Crippen LogP contribution < -0.4 is 14.8 Å². The minimum Gasteiger partial charge on any atom is -0.489 e. The van der Waals surface area contributed by atoms with E-state index in [2.05, 4.69) is 5.32 Å². The van der Waals surface area contributed by atoms with Crippen molar-refractivity contribution in [1.82, 2.24) is 4.90 Å². The maximum atomic E-state index is 12.6. The fourth-order valence-corrected chi connectivity index (χ4v) is 3.27. The monoisotopic (exact) mass is 386 g/mol. The summed E-state index contributed by atoms with van der Waals surface area (Å²) in [6.45, 7) is 0.970. The Labute approximate surface area is 159 Å². The van der Waals surface area contributed by atoms with Crippen molar-refractivity contribution in [3.05, 3.63) is 52.0 Å². The van der Waals surface area contributed by atoms with E-state index in [4.69, 9.17) is 21.1 Å². The molecule has 2 aliphatic rings. The van der Waals surface area contributed by atoms with Crippen molar-refractivity contribution in [3.8, 4) is 11.5 Å². The molecule has 27 heavy (non-hydrogen) atoms. The topological polar surface area (TPSA) is 84.9 Å². The van der Waals surface area contributed by atoms with E-state index in [0.717, 1.165) is 11.3 Å². The van der Waals surface area contributed by atoms with Crippen molar-refractivity contribution in [3.63, 3.8) is 0 Å². The molecule has 0 atom stereocenters. The number of rotatable bonds is 2. The maximum Gasteiger partial charge on any atom is 0.261 e. The van der Waals surface area contributed by atoms with Crippen molar-refractivity contribution in [2.24, 2.45) is 0 Å². The highest BCUT2D eigenvalue weighted by molar-refractivity contribution is 6.33. The number of fused-ring (bicyclic) bond motifs is 2. The summed E-state index contributed by atoms with van der Waals surface area (Å²) in [6, 6.07) is 7.65. The number of ether oxygens (including phenoxy) is 2. The molecule has 0 saturated heterocycles. The van der Waals surface area contributed by atoms with Crippen LogP contribution in [-0.2, 0) is 0 Å². The van der Waals surface area contributed by atoms with E-state index in [9.17, 15) is 14.4 Å². The highest BCUT2D eigenvalue weighted by Crippen LogP contribution is 2.38. The number of carbonyl (C=O) groups is 3. The van der Waals surface area contributed by atoms with Crippen LogP contribution in [0, 0.1) is 0 Å². The summed E-state index contributed by atoms with van der Waals surface area (Å²) >= 11 is 6.22. The zero-order valence-electron chi connectivity index (χ0n) is 14.4. The van der Waals surface area contributed by atoms with E-state index in [1.54, 1.807) is 12.1 Å². The molecule has 0 fully saturated rings. The molecular weight excluding hydrogens is 372 g/mol. The third-order valence-corrected chi connectivity index (χ3v) is 4.69. The first kappa shape index (κ1) is 17.4. The smallest absolute Gasteiger partial charge is 0.261 e. The van der Waals surface area contributed by atoms with Crippen molar-refractivity contribution >= 4 is 35.0 Å². The van der Waals surface area contributed by atoms with E-state index in [1.165, 1.54) is 25.2 Å². The molecule has 2 aromatic rings. The first-order valence-corrected chi connectivity index (χ1v) is 8.70. The van der Waals surface area contributed by atoms with E-state index in [1.807, 2.05) is 0 Å². The molecule has 8 heteroatoms. The number of benzene rings is 2. The largest absolute Gasteiger partial charge is 0.489 e. The van der Waals surface area contributed by atoms with Crippen LogP contribution in [0.1, 0.15) is 37.5 Å². The Morgan fingerprint density at radius 1 is 1.07 bits per heavy atom. The summed E-state index contributed by atoms with van der Waals surface area (Å²) in [7, 11) is 1.42. The van der Waals surface area contributed by atoms with E-state index in [0.29, 0.717) is 41.5 Å². The van der Waals surface area contributed by atoms with Crippen LogP contribution in [0.3, 0.4) is 0 Å². The summed E-state index contributed by atoms with van der Waals surface area (Å²) in [6.07, 6.45) is 0.725. The summed E-state index contributed by atoms with van der Waals surface area (Å²) in [5.74, 6) is -0.332.